The second-order valence-electron chi connectivity index (χ2n) is 4.90. The normalized spacial score (nSPS) is 17.9. The molecule has 88 valence electrons. The van der Waals surface area contributed by atoms with Crippen LogP contribution in [0.25, 0.3) is 0 Å². The molecule has 0 aliphatic carbocycles. The summed E-state index contributed by atoms with van der Waals surface area (Å²) in [5.41, 5.74) is 5.64. The standard InChI is InChI=1S/C15H17NS/c1-9-4-5-10(2)15-12(9)8-13(16-15)14-7-6-11(3)17-14/h4-7,13,16H,8H2,1-3H3. The Hall–Kier alpha value is -1.28. The minimum Gasteiger partial charge on any atom is -0.377 e. The molecule has 0 saturated heterocycles. The van der Waals surface area contributed by atoms with Crippen LogP contribution in [0.2, 0.25) is 0 Å². The smallest absolute Gasteiger partial charge is 0.0648 e. The zero-order valence-electron chi connectivity index (χ0n) is 10.5. The van der Waals surface area contributed by atoms with Crippen LogP contribution >= 0.6 is 11.3 Å². The lowest BCUT2D eigenvalue weighted by molar-refractivity contribution is 0.840. The maximum atomic E-state index is 3.68. The van der Waals surface area contributed by atoms with Gasteiger partial charge in [-0.3, -0.25) is 0 Å². The molecule has 0 spiro atoms. The zero-order valence-corrected chi connectivity index (χ0v) is 11.3. The maximum absolute atomic E-state index is 3.68. The highest BCUT2D eigenvalue weighted by molar-refractivity contribution is 7.12. The van der Waals surface area contributed by atoms with Crippen LogP contribution in [-0.4, -0.2) is 0 Å². The number of thiophene rings is 1. The first-order chi connectivity index (χ1) is 8.15. The highest BCUT2D eigenvalue weighted by atomic mass is 32.1. The van der Waals surface area contributed by atoms with Crippen molar-refractivity contribution in [3.05, 3.63) is 50.7 Å². The van der Waals surface area contributed by atoms with Gasteiger partial charge in [-0.05, 0) is 56.0 Å². The molecule has 1 N–H and O–H groups in total. The van der Waals surface area contributed by atoms with Gasteiger partial charge in [-0.1, -0.05) is 12.1 Å². The van der Waals surface area contributed by atoms with Gasteiger partial charge in [-0.2, -0.15) is 0 Å². The van der Waals surface area contributed by atoms with Gasteiger partial charge in [-0.25, -0.2) is 0 Å². The lowest BCUT2D eigenvalue weighted by Crippen LogP contribution is -2.03. The molecule has 2 heteroatoms. The first kappa shape index (κ1) is 10.8. The Morgan fingerprint density at radius 1 is 1.06 bits per heavy atom. The molecule has 1 aliphatic rings. The summed E-state index contributed by atoms with van der Waals surface area (Å²) in [6.45, 7) is 6.57. The van der Waals surface area contributed by atoms with E-state index < -0.39 is 0 Å². The number of fused-ring (bicyclic) bond motifs is 1. The summed E-state index contributed by atoms with van der Waals surface area (Å²) in [5.74, 6) is 0. The molecule has 0 saturated carbocycles. The van der Waals surface area contributed by atoms with Gasteiger partial charge in [-0.15, -0.1) is 11.3 Å². The highest BCUT2D eigenvalue weighted by Crippen LogP contribution is 2.39. The van der Waals surface area contributed by atoms with Crippen molar-refractivity contribution in [1.82, 2.24) is 0 Å². The van der Waals surface area contributed by atoms with Gasteiger partial charge in [0, 0.05) is 15.4 Å². The monoisotopic (exact) mass is 243 g/mol. The van der Waals surface area contributed by atoms with E-state index >= 15 is 0 Å². The average molecular weight is 243 g/mol. The summed E-state index contributed by atoms with van der Waals surface area (Å²) in [7, 11) is 0. The van der Waals surface area contributed by atoms with Crippen molar-refractivity contribution < 1.29 is 0 Å². The van der Waals surface area contributed by atoms with E-state index in [2.05, 4.69) is 50.4 Å². The first-order valence-electron chi connectivity index (χ1n) is 6.07. The van der Waals surface area contributed by atoms with Gasteiger partial charge in [0.2, 0.25) is 0 Å². The summed E-state index contributed by atoms with van der Waals surface area (Å²) in [6, 6.07) is 9.39. The largest absolute Gasteiger partial charge is 0.377 e. The zero-order chi connectivity index (χ0) is 12.0. The van der Waals surface area contributed by atoms with E-state index in [1.54, 1.807) is 0 Å². The minimum absolute atomic E-state index is 0.475. The molecule has 1 unspecified atom stereocenters. The van der Waals surface area contributed by atoms with Crippen molar-refractivity contribution in [3.8, 4) is 0 Å². The van der Waals surface area contributed by atoms with Crippen LogP contribution in [-0.2, 0) is 6.42 Å². The number of hydrogen-bond acceptors (Lipinski definition) is 2. The molecule has 0 radical (unpaired) electrons. The molecule has 1 aromatic carbocycles. The van der Waals surface area contributed by atoms with E-state index in [1.165, 1.54) is 32.1 Å². The van der Waals surface area contributed by atoms with Crippen LogP contribution in [0.5, 0.6) is 0 Å². The molecule has 0 bridgehead atoms. The van der Waals surface area contributed by atoms with Crippen molar-refractivity contribution in [1.29, 1.82) is 0 Å². The molecule has 1 aliphatic heterocycles. The lowest BCUT2D eigenvalue weighted by Gasteiger charge is -2.09. The third-order valence-electron chi connectivity index (χ3n) is 3.59. The molecule has 2 heterocycles. The molecule has 0 fully saturated rings. The van der Waals surface area contributed by atoms with E-state index in [4.69, 9.17) is 0 Å². The first-order valence-corrected chi connectivity index (χ1v) is 6.89. The second kappa shape index (κ2) is 3.88. The van der Waals surface area contributed by atoms with Crippen molar-refractivity contribution in [2.45, 2.75) is 33.2 Å². The van der Waals surface area contributed by atoms with Crippen LogP contribution in [0, 0.1) is 20.8 Å². The SMILES string of the molecule is Cc1ccc(C2Cc3c(C)ccc(C)c3N2)s1. The van der Waals surface area contributed by atoms with Crippen LogP contribution in [0.4, 0.5) is 5.69 Å². The van der Waals surface area contributed by atoms with Crippen LogP contribution < -0.4 is 5.32 Å². The Morgan fingerprint density at radius 3 is 2.47 bits per heavy atom. The second-order valence-corrected chi connectivity index (χ2v) is 6.22. The van der Waals surface area contributed by atoms with E-state index in [0.717, 1.165) is 6.42 Å². The van der Waals surface area contributed by atoms with Crippen molar-refractivity contribution in [2.24, 2.45) is 0 Å². The molecule has 3 rings (SSSR count). The fraction of sp³-hybridized carbons (Fsp3) is 0.333. The predicted molar refractivity (Wildman–Crippen MR) is 75.0 cm³/mol. The number of nitrogens with one attached hydrogen (secondary N) is 1. The topological polar surface area (TPSA) is 12.0 Å². The van der Waals surface area contributed by atoms with E-state index in [0.29, 0.717) is 6.04 Å². The Kier molecular flexibility index (Phi) is 2.48. The Balaban J connectivity index is 1.98. The maximum Gasteiger partial charge on any atom is 0.0648 e. The molecule has 17 heavy (non-hydrogen) atoms. The molecule has 1 nitrogen and oxygen atoms in total. The van der Waals surface area contributed by atoms with Crippen molar-refractivity contribution in [2.75, 3.05) is 5.32 Å². The van der Waals surface area contributed by atoms with E-state index in [9.17, 15) is 0 Å². The Morgan fingerprint density at radius 2 is 1.82 bits per heavy atom. The number of rotatable bonds is 1. The fourth-order valence-corrected chi connectivity index (χ4v) is 3.50. The van der Waals surface area contributed by atoms with Gasteiger partial charge >= 0.3 is 0 Å². The van der Waals surface area contributed by atoms with Crippen LogP contribution in [0.3, 0.4) is 0 Å². The van der Waals surface area contributed by atoms with Crippen LogP contribution in [0.1, 0.15) is 32.5 Å². The molecule has 1 atom stereocenters. The molecule has 1 aromatic heterocycles. The van der Waals surface area contributed by atoms with Gasteiger partial charge < -0.3 is 5.32 Å². The molecular formula is C15H17NS. The summed E-state index contributed by atoms with van der Waals surface area (Å²) < 4.78 is 0. The predicted octanol–water partition coefficient (Wildman–Crippen LogP) is 4.38. The summed E-state index contributed by atoms with van der Waals surface area (Å²) >= 11 is 1.90. The van der Waals surface area contributed by atoms with E-state index in [1.807, 2.05) is 11.3 Å². The summed E-state index contributed by atoms with van der Waals surface area (Å²) in [6.07, 6.45) is 1.13. The quantitative estimate of drug-likeness (QED) is 0.783. The number of aryl methyl sites for hydroxylation is 3. The number of anilines is 1. The Labute approximate surface area is 106 Å². The van der Waals surface area contributed by atoms with Crippen LogP contribution in [0.15, 0.2) is 24.3 Å². The summed E-state index contributed by atoms with van der Waals surface area (Å²) in [5, 5.41) is 3.68. The number of benzene rings is 1. The van der Waals surface area contributed by atoms with Gasteiger partial charge in [0.05, 0.1) is 6.04 Å². The highest BCUT2D eigenvalue weighted by Gasteiger charge is 2.25. The van der Waals surface area contributed by atoms with Crippen molar-refractivity contribution >= 4 is 17.0 Å². The van der Waals surface area contributed by atoms with Crippen molar-refractivity contribution in [3.63, 3.8) is 0 Å². The molecule has 0 amide bonds. The average Bonchev–Trinajstić information content (AvgIpc) is 2.90. The third kappa shape index (κ3) is 1.77. The molecular weight excluding hydrogens is 226 g/mol. The minimum atomic E-state index is 0.475. The third-order valence-corrected chi connectivity index (χ3v) is 4.70. The fourth-order valence-electron chi connectivity index (χ4n) is 2.57. The van der Waals surface area contributed by atoms with E-state index in [-0.39, 0.29) is 0 Å². The lowest BCUT2D eigenvalue weighted by atomic mass is 10.0. The Bertz CT molecular complexity index is 537. The number of hydrogen-bond donors (Lipinski definition) is 1. The van der Waals surface area contributed by atoms with Gasteiger partial charge in [0.25, 0.3) is 0 Å². The van der Waals surface area contributed by atoms with Gasteiger partial charge in [0.15, 0.2) is 0 Å². The summed E-state index contributed by atoms with van der Waals surface area (Å²) in [4.78, 5) is 2.85. The molecule has 2 aromatic rings. The van der Waals surface area contributed by atoms with Gasteiger partial charge in [0.1, 0.15) is 0 Å².